The summed E-state index contributed by atoms with van der Waals surface area (Å²) in [6, 6.07) is 8.10. The third-order valence-corrected chi connectivity index (χ3v) is 6.51. The highest BCUT2D eigenvalue weighted by molar-refractivity contribution is 5.58. The van der Waals surface area contributed by atoms with Gasteiger partial charge in [-0.05, 0) is 47.4 Å². The number of fused-ring (bicyclic) bond motifs is 1. The molecule has 6 nitrogen and oxygen atoms in total. The molecule has 29 heavy (non-hydrogen) atoms. The molecule has 0 radical (unpaired) electrons. The Hall–Kier alpha value is -2.76. The van der Waals surface area contributed by atoms with Crippen LogP contribution >= 0.6 is 0 Å². The fourth-order valence-electron chi connectivity index (χ4n) is 4.81. The van der Waals surface area contributed by atoms with E-state index in [1.54, 1.807) is 28.4 Å². The van der Waals surface area contributed by atoms with Gasteiger partial charge in [0.2, 0.25) is 12.5 Å². The summed E-state index contributed by atoms with van der Waals surface area (Å²) in [6.07, 6.45) is 0. The minimum Gasteiger partial charge on any atom is -0.496 e. The molecule has 1 fully saturated rings. The van der Waals surface area contributed by atoms with Crippen molar-refractivity contribution >= 4 is 0 Å². The molecule has 2 aromatic rings. The Morgan fingerprint density at radius 1 is 0.690 bits per heavy atom. The van der Waals surface area contributed by atoms with Crippen LogP contribution in [0.2, 0.25) is 0 Å². The highest BCUT2D eigenvalue weighted by atomic mass is 16.7. The summed E-state index contributed by atoms with van der Waals surface area (Å²) < 4.78 is 33.5. The van der Waals surface area contributed by atoms with Crippen molar-refractivity contribution in [2.24, 2.45) is 11.8 Å². The summed E-state index contributed by atoms with van der Waals surface area (Å²) >= 11 is 0. The Labute approximate surface area is 171 Å². The average molecular weight is 400 g/mol. The third-order valence-electron chi connectivity index (χ3n) is 6.51. The molecule has 0 saturated heterocycles. The second-order valence-electron chi connectivity index (χ2n) is 7.68. The lowest BCUT2D eigenvalue weighted by Gasteiger charge is -2.50. The van der Waals surface area contributed by atoms with E-state index in [2.05, 4.69) is 26.0 Å². The molecule has 2 aromatic carbocycles. The lowest BCUT2D eigenvalue weighted by molar-refractivity contribution is 0.119. The molecule has 2 unspecified atom stereocenters. The first kappa shape index (κ1) is 19.6. The first-order valence-corrected chi connectivity index (χ1v) is 9.81. The lowest BCUT2D eigenvalue weighted by atomic mass is 9.53. The second kappa shape index (κ2) is 7.58. The van der Waals surface area contributed by atoms with Crippen molar-refractivity contribution in [3.8, 4) is 34.5 Å². The third kappa shape index (κ3) is 3.02. The van der Waals surface area contributed by atoms with Gasteiger partial charge in [-0.1, -0.05) is 13.8 Å². The minimum absolute atomic E-state index is 0.221. The number of ether oxygens (including phenoxy) is 6. The van der Waals surface area contributed by atoms with Crippen LogP contribution in [-0.2, 0) is 0 Å². The van der Waals surface area contributed by atoms with E-state index in [0.29, 0.717) is 40.8 Å². The maximum absolute atomic E-state index is 5.73. The van der Waals surface area contributed by atoms with Crippen molar-refractivity contribution in [1.82, 2.24) is 0 Å². The summed E-state index contributed by atoms with van der Waals surface area (Å²) in [7, 11) is 6.63. The van der Waals surface area contributed by atoms with Crippen LogP contribution in [0.4, 0.5) is 0 Å². The Morgan fingerprint density at radius 2 is 1.31 bits per heavy atom. The van der Waals surface area contributed by atoms with Gasteiger partial charge in [0, 0.05) is 11.6 Å². The van der Waals surface area contributed by atoms with Crippen LogP contribution in [0.15, 0.2) is 24.3 Å². The second-order valence-corrected chi connectivity index (χ2v) is 7.68. The Morgan fingerprint density at radius 3 is 1.97 bits per heavy atom. The summed E-state index contributed by atoms with van der Waals surface area (Å²) in [4.78, 5) is 0. The molecular formula is C23H28O6. The predicted molar refractivity (Wildman–Crippen MR) is 109 cm³/mol. The zero-order chi connectivity index (χ0) is 20.7. The van der Waals surface area contributed by atoms with E-state index in [0.717, 1.165) is 17.1 Å². The number of rotatable bonds is 6. The molecule has 6 heteroatoms. The van der Waals surface area contributed by atoms with E-state index in [1.807, 2.05) is 12.1 Å². The molecule has 1 heterocycles. The SMILES string of the molecule is COc1cc(OC)c(C2C(c3cc(OC)c4c(c3)OCO4)[C@H](C)[C@@H]2C)cc1OC. The first-order valence-electron chi connectivity index (χ1n) is 9.81. The Bertz CT molecular complexity index is 909. The van der Waals surface area contributed by atoms with Gasteiger partial charge >= 0.3 is 0 Å². The van der Waals surface area contributed by atoms with E-state index >= 15 is 0 Å². The normalized spacial score (nSPS) is 24.6. The maximum atomic E-state index is 5.73. The van der Waals surface area contributed by atoms with Crippen molar-refractivity contribution in [3.05, 3.63) is 35.4 Å². The van der Waals surface area contributed by atoms with Gasteiger partial charge in [-0.15, -0.1) is 0 Å². The first-order chi connectivity index (χ1) is 14.0. The van der Waals surface area contributed by atoms with E-state index in [4.69, 9.17) is 28.4 Å². The van der Waals surface area contributed by atoms with Gasteiger partial charge in [0.1, 0.15) is 5.75 Å². The highest BCUT2D eigenvalue weighted by Gasteiger charge is 2.48. The van der Waals surface area contributed by atoms with Crippen LogP contribution < -0.4 is 28.4 Å². The van der Waals surface area contributed by atoms with Gasteiger partial charge in [-0.2, -0.15) is 0 Å². The van der Waals surface area contributed by atoms with E-state index < -0.39 is 0 Å². The monoisotopic (exact) mass is 400 g/mol. The molecule has 4 atom stereocenters. The fourth-order valence-corrected chi connectivity index (χ4v) is 4.81. The van der Waals surface area contributed by atoms with Crippen LogP contribution in [0.5, 0.6) is 34.5 Å². The molecule has 1 aliphatic heterocycles. The van der Waals surface area contributed by atoms with Crippen LogP contribution in [0, 0.1) is 11.8 Å². The Kier molecular flexibility index (Phi) is 5.11. The molecule has 156 valence electrons. The maximum Gasteiger partial charge on any atom is 0.231 e. The minimum atomic E-state index is 0.221. The van der Waals surface area contributed by atoms with Gasteiger partial charge in [0.25, 0.3) is 0 Å². The molecule has 0 spiro atoms. The van der Waals surface area contributed by atoms with E-state index in [-0.39, 0.29) is 12.7 Å². The predicted octanol–water partition coefficient (Wildman–Crippen LogP) is 4.60. The van der Waals surface area contributed by atoms with Gasteiger partial charge in [0.05, 0.1) is 28.4 Å². The van der Waals surface area contributed by atoms with Crippen molar-refractivity contribution in [1.29, 1.82) is 0 Å². The van der Waals surface area contributed by atoms with Gasteiger partial charge in [0.15, 0.2) is 23.0 Å². The van der Waals surface area contributed by atoms with Crippen LogP contribution in [0.1, 0.15) is 36.8 Å². The molecule has 1 saturated carbocycles. The molecule has 0 bridgehead atoms. The summed E-state index contributed by atoms with van der Waals surface area (Å²) in [5, 5.41) is 0. The van der Waals surface area contributed by atoms with Crippen LogP contribution in [0.25, 0.3) is 0 Å². The standard InChI is InChI=1S/C23H28O6/c1-12-13(2)22(15-9-17(25-4)18(26-5)10-16(15)24-3)21(12)14-7-19(27-6)23-20(8-14)28-11-29-23/h7-10,12-13,21-22H,11H2,1-6H3/t12-,13+,21?,22?/m1/s1. The lowest BCUT2D eigenvalue weighted by Crippen LogP contribution is -2.40. The number of hydrogen-bond donors (Lipinski definition) is 0. The van der Waals surface area contributed by atoms with Crippen LogP contribution in [0.3, 0.4) is 0 Å². The van der Waals surface area contributed by atoms with E-state index in [1.165, 1.54) is 5.56 Å². The largest absolute Gasteiger partial charge is 0.496 e. The quantitative estimate of drug-likeness (QED) is 0.706. The molecular weight excluding hydrogens is 372 g/mol. The smallest absolute Gasteiger partial charge is 0.231 e. The topological polar surface area (TPSA) is 55.4 Å². The Balaban J connectivity index is 1.79. The number of hydrogen-bond acceptors (Lipinski definition) is 6. The zero-order valence-corrected chi connectivity index (χ0v) is 17.8. The molecule has 0 aromatic heterocycles. The average Bonchev–Trinajstić information content (AvgIpc) is 3.23. The highest BCUT2D eigenvalue weighted by Crippen LogP contribution is 2.61. The van der Waals surface area contributed by atoms with Gasteiger partial charge < -0.3 is 28.4 Å². The van der Waals surface area contributed by atoms with Crippen molar-refractivity contribution < 1.29 is 28.4 Å². The van der Waals surface area contributed by atoms with Crippen molar-refractivity contribution in [2.75, 3.05) is 35.2 Å². The van der Waals surface area contributed by atoms with E-state index in [9.17, 15) is 0 Å². The summed E-state index contributed by atoms with van der Waals surface area (Å²) in [6.45, 7) is 4.79. The molecule has 0 N–H and O–H groups in total. The fraction of sp³-hybridized carbons (Fsp3) is 0.478. The van der Waals surface area contributed by atoms with Crippen molar-refractivity contribution in [2.45, 2.75) is 25.7 Å². The molecule has 4 rings (SSSR count). The van der Waals surface area contributed by atoms with Crippen molar-refractivity contribution in [3.63, 3.8) is 0 Å². The molecule has 0 amide bonds. The zero-order valence-electron chi connectivity index (χ0n) is 17.8. The van der Waals surface area contributed by atoms with Gasteiger partial charge in [-0.25, -0.2) is 0 Å². The summed E-state index contributed by atoms with van der Waals surface area (Å²) in [5.41, 5.74) is 2.30. The summed E-state index contributed by atoms with van der Waals surface area (Å²) in [5.74, 6) is 5.83. The number of methoxy groups -OCH3 is 4. The molecule has 1 aliphatic carbocycles. The molecule has 2 aliphatic rings. The van der Waals surface area contributed by atoms with Gasteiger partial charge in [-0.3, -0.25) is 0 Å². The number of benzene rings is 2. The van der Waals surface area contributed by atoms with Crippen LogP contribution in [-0.4, -0.2) is 35.2 Å².